The Balaban J connectivity index is 0.819. The number of hydrogen-bond acceptors (Lipinski definition) is 15. The van der Waals surface area contributed by atoms with Crippen molar-refractivity contribution in [1.82, 2.24) is 60.5 Å². The molecule has 4 fully saturated rings. The second kappa shape index (κ2) is 22.2. The first-order valence-corrected chi connectivity index (χ1v) is 28.1. The highest BCUT2D eigenvalue weighted by Crippen LogP contribution is 2.53. The maximum atomic E-state index is 16.1. The number of carbonyl (C=O) groups is 2. The largest absolute Gasteiger partial charge is 0.486 e. The summed E-state index contributed by atoms with van der Waals surface area (Å²) in [5, 5.41) is 50.2. The molecule has 0 radical (unpaired) electrons. The Morgan fingerprint density at radius 3 is 2.44 bits per heavy atom. The fourth-order valence-electron chi connectivity index (χ4n) is 12.1. The molecule has 21 heteroatoms. The normalized spacial score (nSPS) is 20.0. The lowest BCUT2D eigenvalue weighted by molar-refractivity contribution is -0.142. The second-order valence-corrected chi connectivity index (χ2v) is 22.4. The predicted octanol–water partition coefficient (Wildman–Crippen LogP) is 7.19. The lowest BCUT2D eigenvalue weighted by atomic mass is 9.88. The van der Waals surface area contributed by atoms with Crippen molar-refractivity contribution < 1.29 is 38.4 Å². The highest BCUT2D eigenvalue weighted by molar-refractivity contribution is 6.06. The topological polar surface area (TPSA) is 236 Å². The van der Waals surface area contributed by atoms with Crippen LogP contribution in [0.3, 0.4) is 0 Å². The van der Waals surface area contributed by atoms with Crippen LogP contribution in [0.15, 0.2) is 85.3 Å². The van der Waals surface area contributed by atoms with E-state index < -0.39 is 30.1 Å². The molecular weight excluding hydrogens is 1030 g/mol. The van der Waals surface area contributed by atoms with E-state index in [1.54, 1.807) is 32.6 Å². The molecule has 12 rings (SSSR count). The van der Waals surface area contributed by atoms with E-state index in [1.165, 1.54) is 15.6 Å². The standard InChI is InChI=1S/C60H68FN13O7/c1-7-73-50(18-19-64-73)39-16-14-38(15-17-39)49(29-75)65-58(77)51-21-42(76)27-72(51)59(78)55(32(2)3)74-28-48(69-70-74)37-10-8-35(9-11-37)31-80-56-53(52-34(5)46(61)23-47-45(52)25-63-68-47)43(36-12-13-36)22-44-54(56)66-60(81-30-33(4)79-6)67-57(44)71-26-40-20-41(71)24-62-40/h8-11,14-19,22-23,25,28,32-33,36,40-42,49,51,55,62,75-76H,7,12-13,20-21,24,26-27,29-31H2,1-6H3,(H,63,68)(H,65,77)/t33-,40-,41-,42+,49-,51-,55-/m0/s1. The number of aryl methyl sites for hydroxylation is 1. The summed E-state index contributed by atoms with van der Waals surface area (Å²) in [4.78, 5) is 42.7. The smallest absolute Gasteiger partial charge is 0.319 e. The third-order valence-electron chi connectivity index (χ3n) is 16.6. The lowest BCUT2D eigenvalue weighted by Gasteiger charge is -2.30. The zero-order valence-corrected chi connectivity index (χ0v) is 46.3. The van der Waals surface area contributed by atoms with E-state index in [9.17, 15) is 19.8 Å². The number of H-pyrrole nitrogens is 1. The number of aromatic nitrogens is 9. The molecule has 4 aliphatic rings. The Labute approximate surface area is 468 Å². The number of ether oxygens (including phenoxy) is 3. The number of hydrogen-bond donors (Lipinski definition) is 5. The lowest BCUT2D eigenvalue weighted by Crippen LogP contribution is -2.50. The Kier molecular flexibility index (Phi) is 14.8. The molecule has 3 saturated heterocycles. The number of rotatable bonds is 20. The first kappa shape index (κ1) is 53.8. The van der Waals surface area contributed by atoms with Gasteiger partial charge in [0.2, 0.25) is 11.8 Å². The molecule has 0 unspecified atom stereocenters. The molecule has 3 aliphatic heterocycles. The minimum Gasteiger partial charge on any atom is -0.486 e. The van der Waals surface area contributed by atoms with Gasteiger partial charge in [-0.2, -0.15) is 20.2 Å². The third kappa shape index (κ3) is 10.4. The van der Waals surface area contributed by atoms with E-state index in [-0.39, 0.29) is 74.5 Å². The van der Waals surface area contributed by atoms with Crippen molar-refractivity contribution in [3.63, 3.8) is 0 Å². The average molecular weight is 1100 g/mol. The minimum atomic E-state index is -0.985. The Morgan fingerprint density at radius 1 is 0.951 bits per heavy atom. The summed E-state index contributed by atoms with van der Waals surface area (Å²) in [5.41, 5.74) is 8.80. The molecule has 1 saturated carbocycles. The highest BCUT2D eigenvalue weighted by atomic mass is 19.1. The maximum Gasteiger partial charge on any atom is 0.319 e. The van der Waals surface area contributed by atoms with Crippen molar-refractivity contribution in [1.29, 1.82) is 0 Å². The number of aliphatic hydroxyl groups excluding tert-OH is 2. The van der Waals surface area contributed by atoms with Gasteiger partial charge in [-0.15, -0.1) is 5.10 Å². The van der Waals surface area contributed by atoms with Crippen molar-refractivity contribution in [2.75, 3.05) is 44.9 Å². The van der Waals surface area contributed by atoms with Gasteiger partial charge in [0, 0.05) is 85.5 Å². The van der Waals surface area contributed by atoms with Gasteiger partial charge in [0.05, 0.1) is 48.5 Å². The molecular formula is C60H68FN13O7. The molecule has 1 aliphatic carbocycles. The zero-order chi connectivity index (χ0) is 56.2. The van der Waals surface area contributed by atoms with Crippen molar-refractivity contribution in [2.45, 2.75) is 122 Å². The summed E-state index contributed by atoms with van der Waals surface area (Å²) in [6.45, 7) is 11.8. The van der Waals surface area contributed by atoms with Gasteiger partial charge in [0.15, 0.2) is 5.75 Å². The number of fused-ring (bicyclic) bond motifs is 4. The van der Waals surface area contributed by atoms with Crippen LogP contribution >= 0.6 is 0 Å². The number of anilines is 1. The summed E-state index contributed by atoms with van der Waals surface area (Å²) in [6.07, 6.45) is 7.05. The Hall–Kier alpha value is -7.85. The molecule has 8 aromatic rings. The van der Waals surface area contributed by atoms with E-state index >= 15 is 4.39 Å². The number of aliphatic hydroxyl groups is 2. The number of piperazine rings is 1. The number of carbonyl (C=O) groups excluding carboxylic acids is 2. The summed E-state index contributed by atoms with van der Waals surface area (Å²) >= 11 is 0. The molecule has 422 valence electrons. The summed E-state index contributed by atoms with van der Waals surface area (Å²) in [7, 11) is 1.64. The third-order valence-corrected chi connectivity index (χ3v) is 16.6. The van der Waals surface area contributed by atoms with Crippen LogP contribution in [-0.2, 0) is 27.5 Å². The number of methoxy groups -OCH3 is 1. The predicted molar refractivity (Wildman–Crippen MR) is 302 cm³/mol. The van der Waals surface area contributed by atoms with Crippen molar-refractivity contribution in [2.24, 2.45) is 5.92 Å². The average Bonchev–Trinajstić information content (AvgIpc) is 4.07. The van der Waals surface area contributed by atoms with E-state index in [2.05, 4.69) is 47.2 Å². The van der Waals surface area contributed by atoms with Gasteiger partial charge >= 0.3 is 6.01 Å². The van der Waals surface area contributed by atoms with Crippen molar-refractivity contribution in [3.8, 4) is 45.4 Å². The molecule has 4 aromatic carbocycles. The molecule has 20 nitrogen and oxygen atoms in total. The van der Waals surface area contributed by atoms with Crippen LogP contribution < -0.4 is 25.0 Å². The number of nitrogens with one attached hydrogen (secondary N) is 3. The van der Waals surface area contributed by atoms with Crippen LogP contribution in [0.25, 0.3) is 55.4 Å². The van der Waals surface area contributed by atoms with Gasteiger partial charge in [0.25, 0.3) is 0 Å². The molecule has 2 bridgehead atoms. The van der Waals surface area contributed by atoms with Crippen LogP contribution in [0.2, 0.25) is 0 Å². The van der Waals surface area contributed by atoms with Gasteiger partial charge < -0.3 is 44.9 Å². The SMILES string of the molecule is CCn1nccc1-c1ccc([C@H](CO)NC(=O)[C@@H]2C[C@@H](O)CN2C(=O)[C@H](C(C)C)n2cc(-c3ccc(COc4c(-c5c(C)c(F)cc6[nH]ncc56)c(C5CC5)cc5c(N6C[C@@H]7C[C@H]6CN7)nc(OC[C@H](C)OC)nc45)cc3)nn2)cc1. The van der Waals surface area contributed by atoms with Crippen molar-refractivity contribution in [3.05, 3.63) is 113 Å². The highest BCUT2D eigenvalue weighted by Gasteiger charge is 2.44. The molecule has 5 N–H and O–H groups in total. The van der Waals surface area contributed by atoms with Crippen LogP contribution in [-0.4, -0.2) is 142 Å². The number of amides is 2. The number of β-amino-alcohol motifs (C(OH)–C–C–N with tert-alkyl or cyclic N) is 1. The summed E-state index contributed by atoms with van der Waals surface area (Å²) in [5.74, 6) is -0.0112. The van der Waals surface area contributed by atoms with Crippen molar-refractivity contribution >= 4 is 39.4 Å². The number of nitrogens with zero attached hydrogens (tertiary/aromatic N) is 10. The molecule has 4 aromatic heterocycles. The van der Waals surface area contributed by atoms with E-state index in [0.29, 0.717) is 51.8 Å². The van der Waals surface area contributed by atoms with Gasteiger partial charge in [-0.05, 0) is 97.9 Å². The summed E-state index contributed by atoms with van der Waals surface area (Å²) in [6, 6.07) is 19.1. The number of aromatic amines is 1. The van der Waals surface area contributed by atoms with Gasteiger partial charge in [-0.1, -0.05) is 67.6 Å². The monoisotopic (exact) mass is 1100 g/mol. The Morgan fingerprint density at radius 2 is 1.74 bits per heavy atom. The first-order valence-electron chi connectivity index (χ1n) is 28.1. The number of benzene rings is 4. The molecule has 7 atom stereocenters. The minimum absolute atomic E-state index is 0.0388. The van der Waals surface area contributed by atoms with Crippen LogP contribution in [0.4, 0.5) is 10.2 Å². The summed E-state index contributed by atoms with van der Waals surface area (Å²) < 4.78 is 38.5. The maximum absolute atomic E-state index is 16.1. The van der Waals surface area contributed by atoms with Crippen LogP contribution in [0.1, 0.15) is 93.6 Å². The second-order valence-electron chi connectivity index (χ2n) is 22.4. The first-order chi connectivity index (χ1) is 39.3. The van der Waals surface area contributed by atoms with E-state index in [1.807, 2.05) is 87.0 Å². The Bertz CT molecular complexity index is 3620. The molecule has 2 amide bonds. The van der Waals surface area contributed by atoms with Crippen LogP contribution in [0.5, 0.6) is 11.8 Å². The van der Waals surface area contributed by atoms with Gasteiger partial charge in [-0.25, -0.2) is 9.07 Å². The fraction of sp³-hybridized carbons (Fsp3) is 0.433. The van der Waals surface area contributed by atoms with E-state index in [0.717, 1.165) is 82.5 Å². The molecule has 7 heterocycles. The molecule has 0 spiro atoms. The molecule has 81 heavy (non-hydrogen) atoms. The van der Waals surface area contributed by atoms with E-state index in [4.69, 9.17) is 24.2 Å². The fourth-order valence-corrected chi connectivity index (χ4v) is 12.1. The zero-order valence-electron chi connectivity index (χ0n) is 46.3. The number of likely N-dealkylation sites (tertiary alicyclic amines) is 1. The quantitative estimate of drug-likeness (QED) is 0.0508. The number of halogens is 1. The van der Waals surface area contributed by atoms with Gasteiger partial charge in [-0.3, -0.25) is 19.4 Å². The van der Waals surface area contributed by atoms with Gasteiger partial charge in [0.1, 0.15) is 48.1 Å². The van der Waals surface area contributed by atoms with Crippen LogP contribution in [0, 0.1) is 18.7 Å².